The Morgan fingerprint density at radius 1 is 1.16 bits per heavy atom. The van der Waals surface area contributed by atoms with E-state index in [9.17, 15) is 4.79 Å². The second kappa shape index (κ2) is 9.57. The van der Waals surface area contributed by atoms with Gasteiger partial charge in [-0.25, -0.2) is 0 Å². The molecule has 3 rings (SSSR count). The summed E-state index contributed by atoms with van der Waals surface area (Å²) in [4.78, 5) is 12.8. The normalized spacial score (nSPS) is 33.5. The molecule has 0 saturated heterocycles. The predicted molar refractivity (Wildman–Crippen MR) is 104 cm³/mol. The third-order valence-electron chi connectivity index (χ3n) is 7.07. The second-order valence-corrected chi connectivity index (χ2v) is 8.57. The summed E-state index contributed by atoms with van der Waals surface area (Å²) >= 11 is 0. The fourth-order valence-corrected chi connectivity index (χ4v) is 5.50. The van der Waals surface area contributed by atoms with Crippen molar-refractivity contribution in [3.05, 3.63) is 0 Å². The lowest BCUT2D eigenvalue weighted by Crippen LogP contribution is -2.50. The van der Waals surface area contributed by atoms with Gasteiger partial charge in [0.1, 0.15) is 0 Å². The van der Waals surface area contributed by atoms with E-state index < -0.39 is 0 Å². The molecule has 25 heavy (non-hydrogen) atoms. The van der Waals surface area contributed by atoms with E-state index in [0.29, 0.717) is 23.8 Å². The number of ether oxygens (including phenoxy) is 1. The maximum absolute atomic E-state index is 12.8. The first-order chi connectivity index (χ1) is 11.6. The van der Waals surface area contributed by atoms with Crippen molar-refractivity contribution >= 4 is 18.3 Å². The summed E-state index contributed by atoms with van der Waals surface area (Å²) in [5.74, 6) is 1.64. The van der Waals surface area contributed by atoms with Crippen LogP contribution in [0, 0.1) is 23.2 Å². The number of halogens is 1. The highest BCUT2D eigenvalue weighted by molar-refractivity contribution is 5.85. The Labute approximate surface area is 159 Å². The molecule has 0 aromatic carbocycles. The zero-order valence-corrected chi connectivity index (χ0v) is 16.6. The Kier molecular flexibility index (Phi) is 8.03. The number of carbonyl (C=O) groups excluding carboxylic acids is 1. The van der Waals surface area contributed by atoms with Crippen LogP contribution in [0.4, 0.5) is 0 Å². The van der Waals surface area contributed by atoms with E-state index in [1.54, 1.807) is 0 Å². The van der Waals surface area contributed by atoms with Crippen LogP contribution < -0.4 is 11.1 Å². The number of amides is 1. The van der Waals surface area contributed by atoms with Crippen LogP contribution in [0.25, 0.3) is 0 Å². The number of fused-ring (bicyclic) bond motifs is 2. The topological polar surface area (TPSA) is 64.3 Å². The first-order valence-corrected chi connectivity index (χ1v) is 10.2. The molecular weight excluding hydrogens is 336 g/mol. The lowest BCUT2D eigenvalue weighted by Gasteiger charge is -2.43. The summed E-state index contributed by atoms with van der Waals surface area (Å²) in [5, 5.41) is 3.33. The van der Waals surface area contributed by atoms with Gasteiger partial charge in [-0.2, -0.15) is 0 Å². The van der Waals surface area contributed by atoms with Crippen molar-refractivity contribution in [2.24, 2.45) is 28.9 Å². The molecule has 2 atom stereocenters. The quantitative estimate of drug-likeness (QED) is 0.670. The highest BCUT2D eigenvalue weighted by Gasteiger charge is 2.41. The lowest BCUT2D eigenvalue weighted by atomic mass is 9.65. The molecule has 0 radical (unpaired) electrons. The number of nitrogens with two attached hydrogens (primary N) is 1. The van der Waals surface area contributed by atoms with Crippen molar-refractivity contribution in [2.45, 2.75) is 77.2 Å². The summed E-state index contributed by atoms with van der Waals surface area (Å²) < 4.78 is 5.58. The van der Waals surface area contributed by atoms with Gasteiger partial charge in [-0.15, -0.1) is 12.4 Å². The van der Waals surface area contributed by atoms with Crippen molar-refractivity contribution < 1.29 is 9.53 Å². The first kappa shape index (κ1) is 21.0. The minimum absolute atomic E-state index is 0. The summed E-state index contributed by atoms with van der Waals surface area (Å²) in [6.45, 7) is 4.51. The number of nitrogens with one attached hydrogen (secondary N) is 1. The summed E-state index contributed by atoms with van der Waals surface area (Å²) in [6.07, 6.45) is 11.9. The van der Waals surface area contributed by atoms with E-state index in [1.807, 2.05) is 6.92 Å². The molecule has 3 aliphatic rings. The molecule has 0 aromatic heterocycles. The predicted octanol–water partition coefficient (Wildman–Crippen LogP) is 3.67. The highest BCUT2D eigenvalue weighted by Crippen LogP contribution is 2.43. The van der Waals surface area contributed by atoms with Gasteiger partial charge < -0.3 is 15.8 Å². The summed E-state index contributed by atoms with van der Waals surface area (Å²) in [7, 11) is 0. The Hall–Kier alpha value is -0.320. The van der Waals surface area contributed by atoms with Crippen molar-refractivity contribution in [1.82, 2.24) is 5.32 Å². The molecule has 1 amide bonds. The van der Waals surface area contributed by atoms with Gasteiger partial charge in [0.25, 0.3) is 0 Å². The molecule has 3 fully saturated rings. The zero-order chi connectivity index (χ0) is 17.0. The van der Waals surface area contributed by atoms with Gasteiger partial charge in [-0.1, -0.05) is 19.3 Å². The number of carbonyl (C=O) groups is 1. The second-order valence-electron chi connectivity index (χ2n) is 8.57. The maximum atomic E-state index is 12.8. The lowest BCUT2D eigenvalue weighted by molar-refractivity contribution is -0.128. The molecule has 0 spiro atoms. The number of rotatable bonds is 7. The molecular formula is C20H37ClN2O2. The molecule has 0 aliphatic heterocycles. The average Bonchev–Trinajstić information content (AvgIpc) is 3.02. The third-order valence-corrected chi connectivity index (χ3v) is 7.07. The Bertz CT molecular complexity index is 412. The van der Waals surface area contributed by atoms with Crippen molar-refractivity contribution in [3.8, 4) is 0 Å². The van der Waals surface area contributed by atoms with E-state index >= 15 is 0 Å². The minimum Gasteiger partial charge on any atom is -0.382 e. The van der Waals surface area contributed by atoms with Gasteiger partial charge >= 0.3 is 0 Å². The summed E-state index contributed by atoms with van der Waals surface area (Å²) in [5.41, 5.74) is 6.65. The minimum atomic E-state index is 0. The first-order valence-electron chi connectivity index (χ1n) is 10.2. The third kappa shape index (κ3) is 5.11. The van der Waals surface area contributed by atoms with Crippen LogP contribution in [0.2, 0.25) is 0 Å². The Morgan fingerprint density at radius 3 is 2.40 bits per heavy atom. The molecule has 0 aromatic rings. The summed E-state index contributed by atoms with van der Waals surface area (Å²) in [6, 6.07) is 0.343. The van der Waals surface area contributed by atoms with Crippen LogP contribution in [0.15, 0.2) is 0 Å². The number of hydrogen-bond donors (Lipinski definition) is 2. The average molecular weight is 373 g/mol. The molecule has 3 saturated carbocycles. The van der Waals surface area contributed by atoms with E-state index in [4.69, 9.17) is 10.5 Å². The maximum Gasteiger partial charge on any atom is 0.223 e. The Balaban J connectivity index is 0.00000225. The largest absolute Gasteiger partial charge is 0.382 e. The fraction of sp³-hybridized carbons (Fsp3) is 0.950. The van der Waals surface area contributed by atoms with Gasteiger partial charge in [0.15, 0.2) is 0 Å². The molecule has 3 aliphatic carbocycles. The van der Waals surface area contributed by atoms with E-state index in [1.165, 1.54) is 44.9 Å². The van der Waals surface area contributed by atoms with Crippen LogP contribution >= 0.6 is 12.4 Å². The van der Waals surface area contributed by atoms with Crippen LogP contribution in [0.3, 0.4) is 0 Å². The van der Waals surface area contributed by atoms with E-state index in [2.05, 4.69) is 5.32 Å². The van der Waals surface area contributed by atoms with Crippen LogP contribution in [-0.4, -0.2) is 31.7 Å². The molecule has 3 N–H and O–H groups in total. The van der Waals surface area contributed by atoms with Crippen molar-refractivity contribution in [2.75, 3.05) is 19.8 Å². The van der Waals surface area contributed by atoms with Gasteiger partial charge in [0.2, 0.25) is 5.91 Å². The van der Waals surface area contributed by atoms with Crippen molar-refractivity contribution in [3.63, 3.8) is 0 Å². The Morgan fingerprint density at radius 2 is 1.80 bits per heavy atom. The van der Waals surface area contributed by atoms with E-state index in [-0.39, 0.29) is 23.7 Å². The molecule has 2 unspecified atom stereocenters. The van der Waals surface area contributed by atoms with Gasteiger partial charge in [-0.3, -0.25) is 4.79 Å². The van der Waals surface area contributed by atoms with Crippen molar-refractivity contribution in [1.29, 1.82) is 0 Å². The molecule has 5 heteroatoms. The van der Waals surface area contributed by atoms with Gasteiger partial charge in [0.05, 0.1) is 0 Å². The highest BCUT2D eigenvalue weighted by atomic mass is 35.5. The zero-order valence-electron chi connectivity index (χ0n) is 15.8. The van der Waals surface area contributed by atoms with Crippen LogP contribution in [0.1, 0.15) is 71.1 Å². The van der Waals surface area contributed by atoms with Gasteiger partial charge in [-0.05, 0) is 69.1 Å². The SMILES string of the molecule is CCOCCC1(CNC(=O)C2CC3CCCC(C2)C3N)CCCC1.Cl. The van der Waals surface area contributed by atoms with Crippen LogP contribution in [0.5, 0.6) is 0 Å². The fourth-order valence-electron chi connectivity index (χ4n) is 5.50. The van der Waals surface area contributed by atoms with Crippen LogP contribution in [-0.2, 0) is 9.53 Å². The molecule has 2 bridgehead atoms. The molecule has 146 valence electrons. The van der Waals surface area contributed by atoms with E-state index in [0.717, 1.165) is 39.0 Å². The monoisotopic (exact) mass is 372 g/mol. The number of hydrogen-bond acceptors (Lipinski definition) is 3. The smallest absolute Gasteiger partial charge is 0.223 e. The molecule has 4 nitrogen and oxygen atoms in total. The molecule has 0 heterocycles. The van der Waals surface area contributed by atoms with Gasteiger partial charge in [0, 0.05) is 31.7 Å². The standard InChI is InChI=1S/C20H36N2O2.ClH/c1-2-24-11-10-20(8-3-4-9-20)14-22-19(23)17-12-15-6-5-7-16(13-17)18(15)21;/h15-18H,2-14,21H2,1H3,(H,22,23);1H.